The molecule has 0 aliphatic rings. The monoisotopic (exact) mass is 267 g/mol. The van der Waals surface area contributed by atoms with Gasteiger partial charge >= 0.3 is 0 Å². The van der Waals surface area contributed by atoms with E-state index in [0.717, 1.165) is 17.5 Å². The van der Waals surface area contributed by atoms with E-state index >= 15 is 0 Å². The fourth-order valence-electron chi connectivity index (χ4n) is 2.18. The van der Waals surface area contributed by atoms with Gasteiger partial charge < -0.3 is 9.90 Å². The van der Waals surface area contributed by atoms with E-state index in [1.165, 1.54) is 12.0 Å². The lowest BCUT2D eigenvalue weighted by molar-refractivity contribution is -0.255. The minimum absolute atomic E-state index is 0.210. The topological polar surface area (TPSA) is 40.1 Å². The van der Waals surface area contributed by atoms with Crippen LogP contribution in [0.5, 0.6) is 0 Å². The zero-order valence-corrected chi connectivity index (χ0v) is 11.9. The average Bonchev–Trinajstić information content (AvgIpc) is 2.48. The van der Waals surface area contributed by atoms with Crippen molar-refractivity contribution in [2.45, 2.75) is 26.7 Å². The van der Waals surface area contributed by atoms with E-state index in [2.05, 4.69) is 38.1 Å². The van der Waals surface area contributed by atoms with Crippen LogP contribution in [-0.4, -0.2) is 5.97 Å². The summed E-state index contributed by atoms with van der Waals surface area (Å²) in [5, 5.41) is 10.7. The second kappa shape index (κ2) is 6.38. The van der Waals surface area contributed by atoms with Crippen LogP contribution < -0.4 is 5.11 Å². The van der Waals surface area contributed by atoms with Gasteiger partial charge in [-0.15, -0.1) is 0 Å². The van der Waals surface area contributed by atoms with Gasteiger partial charge in [0.25, 0.3) is 0 Å². The van der Waals surface area contributed by atoms with Crippen molar-refractivity contribution >= 4 is 5.97 Å². The Labute approximate surface area is 120 Å². The SMILES string of the molecule is CC[C@@H](C)Cc1ccc(-c2ccc(C(=O)[O-])cc2)cc1. The summed E-state index contributed by atoms with van der Waals surface area (Å²) in [6, 6.07) is 15.3. The maximum atomic E-state index is 10.7. The van der Waals surface area contributed by atoms with Crippen LogP contribution >= 0.6 is 0 Å². The van der Waals surface area contributed by atoms with Gasteiger partial charge in [-0.05, 0) is 34.6 Å². The summed E-state index contributed by atoms with van der Waals surface area (Å²) >= 11 is 0. The van der Waals surface area contributed by atoms with Crippen LogP contribution in [0.15, 0.2) is 48.5 Å². The minimum atomic E-state index is -1.14. The molecule has 0 spiro atoms. The Kier molecular flexibility index (Phi) is 4.57. The molecule has 2 nitrogen and oxygen atoms in total. The van der Waals surface area contributed by atoms with Gasteiger partial charge in [0.2, 0.25) is 0 Å². The summed E-state index contributed by atoms with van der Waals surface area (Å²) in [6.45, 7) is 4.46. The number of hydrogen-bond donors (Lipinski definition) is 0. The number of carbonyl (C=O) groups is 1. The average molecular weight is 267 g/mol. The Balaban J connectivity index is 2.15. The van der Waals surface area contributed by atoms with Gasteiger partial charge in [0.1, 0.15) is 0 Å². The summed E-state index contributed by atoms with van der Waals surface area (Å²) in [4.78, 5) is 10.7. The molecular weight excluding hydrogens is 248 g/mol. The summed E-state index contributed by atoms with van der Waals surface area (Å²) in [5.74, 6) is -0.441. The normalized spacial score (nSPS) is 12.1. The summed E-state index contributed by atoms with van der Waals surface area (Å²) in [6.07, 6.45) is 2.28. The Bertz CT molecular complexity index is 567. The molecule has 0 saturated carbocycles. The smallest absolute Gasteiger partial charge is 0.0715 e. The van der Waals surface area contributed by atoms with Crippen LogP contribution in [0.1, 0.15) is 36.2 Å². The van der Waals surface area contributed by atoms with Gasteiger partial charge in [0.15, 0.2) is 0 Å². The molecule has 0 aliphatic heterocycles. The van der Waals surface area contributed by atoms with Crippen molar-refractivity contribution < 1.29 is 9.90 Å². The Hall–Kier alpha value is -2.09. The summed E-state index contributed by atoms with van der Waals surface area (Å²) in [7, 11) is 0. The Morgan fingerprint density at radius 1 is 1.00 bits per heavy atom. The van der Waals surface area contributed by atoms with E-state index in [0.29, 0.717) is 5.92 Å². The first kappa shape index (κ1) is 14.3. The largest absolute Gasteiger partial charge is 0.545 e. The van der Waals surface area contributed by atoms with Crippen molar-refractivity contribution in [3.8, 4) is 11.1 Å². The highest BCUT2D eigenvalue weighted by molar-refractivity contribution is 5.86. The molecule has 20 heavy (non-hydrogen) atoms. The second-order valence-corrected chi connectivity index (χ2v) is 5.28. The summed E-state index contributed by atoms with van der Waals surface area (Å²) < 4.78 is 0. The van der Waals surface area contributed by atoms with E-state index in [-0.39, 0.29) is 5.56 Å². The van der Waals surface area contributed by atoms with Crippen molar-refractivity contribution in [2.75, 3.05) is 0 Å². The number of aromatic carboxylic acids is 1. The van der Waals surface area contributed by atoms with E-state index in [1.807, 2.05) is 12.1 Å². The molecular formula is C18H19O2-. The standard InChI is InChI=1S/C18H20O2/c1-3-13(2)12-14-4-6-15(7-5-14)16-8-10-17(11-9-16)18(19)20/h4-11,13H,3,12H2,1-2H3,(H,19,20)/p-1/t13-/m1/s1. The molecule has 0 aliphatic carbocycles. The second-order valence-electron chi connectivity index (χ2n) is 5.28. The number of carboxylic acid groups (broad SMARTS) is 1. The van der Waals surface area contributed by atoms with Crippen molar-refractivity contribution in [3.05, 3.63) is 59.7 Å². The molecule has 2 rings (SSSR count). The zero-order valence-electron chi connectivity index (χ0n) is 11.9. The van der Waals surface area contributed by atoms with Crippen molar-refractivity contribution in [3.63, 3.8) is 0 Å². The molecule has 0 aromatic heterocycles. The predicted molar refractivity (Wildman–Crippen MR) is 79.4 cm³/mol. The highest BCUT2D eigenvalue weighted by Gasteiger charge is 2.02. The van der Waals surface area contributed by atoms with Gasteiger partial charge in [-0.25, -0.2) is 0 Å². The Morgan fingerprint density at radius 2 is 1.50 bits per heavy atom. The first-order valence-electron chi connectivity index (χ1n) is 7.01. The number of carboxylic acids is 1. The van der Waals surface area contributed by atoms with Crippen LogP contribution in [-0.2, 0) is 6.42 Å². The van der Waals surface area contributed by atoms with Crippen molar-refractivity contribution in [1.82, 2.24) is 0 Å². The third-order valence-electron chi connectivity index (χ3n) is 3.69. The van der Waals surface area contributed by atoms with Gasteiger partial charge in [-0.2, -0.15) is 0 Å². The van der Waals surface area contributed by atoms with Gasteiger partial charge in [-0.3, -0.25) is 0 Å². The fourth-order valence-corrected chi connectivity index (χ4v) is 2.18. The van der Waals surface area contributed by atoms with E-state index in [4.69, 9.17) is 0 Å². The van der Waals surface area contributed by atoms with Gasteiger partial charge in [0.05, 0.1) is 5.97 Å². The van der Waals surface area contributed by atoms with E-state index in [1.54, 1.807) is 12.1 Å². The van der Waals surface area contributed by atoms with Gasteiger partial charge in [-0.1, -0.05) is 68.8 Å². The molecule has 0 fully saturated rings. The first-order valence-corrected chi connectivity index (χ1v) is 7.01. The van der Waals surface area contributed by atoms with Crippen molar-refractivity contribution in [1.29, 1.82) is 0 Å². The lowest BCUT2D eigenvalue weighted by atomic mass is 9.96. The van der Waals surface area contributed by atoms with Crippen LogP contribution in [0.3, 0.4) is 0 Å². The van der Waals surface area contributed by atoms with Crippen molar-refractivity contribution in [2.24, 2.45) is 5.92 Å². The molecule has 0 unspecified atom stereocenters. The third-order valence-corrected chi connectivity index (χ3v) is 3.69. The maximum Gasteiger partial charge on any atom is 0.0715 e. The summed E-state index contributed by atoms with van der Waals surface area (Å²) in [5.41, 5.74) is 3.67. The number of carbonyl (C=O) groups excluding carboxylic acids is 1. The molecule has 2 aromatic carbocycles. The molecule has 1 atom stereocenters. The third kappa shape index (κ3) is 3.47. The number of hydrogen-bond acceptors (Lipinski definition) is 2. The maximum absolute atomic E-state index is 10.7. The predicted octanol–water partition coefficient (Wildman–Crippen LogP) is 3.31. The zero-order chi connectivity index (χ0) is 14.5. The highest BCUT2D eigenvalue weighted by atomic mass is 16.4. The highest BCUT2D eigenvalue weighted by Crippen LogP contribution is 2.21. The van der Waals surface area contributed by atoms with Crippen LogP contribution in [0.4, 0.5) is 0 Å². The first-order chi connectivity index (χ1) is 9.60. The van der Waals surface area contributed by atoms with Crippen LogP contribution in [0.2, 0.25) is 0 Å². The molecule has 2 aromatic rings. The molecule has 0 N–H and O–H groups in total. The Morgan fingerprint density at radius 3 is 1.95 bits per heavy atom. The van der Waals surface area contributed by atoms with E-state index < -0.39 is 5.97 Å². The quantitative estimate of drug-likeness (QED) is 0.834. The number of benzene rings is 2. The molecule has 0 radical (unpaired) electrons. The lowest BCUT2D eigenvalue weighted by Crippen LogP contribution is -2.21. The van der Waals surface area contributed by atoms with Crippen LogP contribution in [0, 0.1) is 5.92 Å². The lowest BCUT2D eigenvalue weighted by Gasteiger charge is -2.09. The molecule has 104 valence electrons. The molecule has 0 saturated heterocycles. The van der Waals surface area contributed by atoms with Crippen LogP contribution in [0.25, 0.3) is 11.1 Å². The van der Waals surface area contributed by atoms with E-state index in [9.17, 15) is 9.90 Å². The molecule has 0 amide bonds. The minimum Gasteiger partial charge on any atom is -0.545 e. The van der Waals surface area contributed by atoms with Gasteiger partial charge in [0, 0.05) is 0 Å². The molecule has 0 heterocycles. The fraction of sp³-hybridized carbons (Fsp3) is 0.278. The molecule has 2 heteroatoms. The number of rotatable bonds is 5. The molecule has 0 bridgehead atoms.